The third-order valence-electron chi connectivity index (χ3n) is 1.82. The SMILES string of the molecule is COC(C(C)NN)C(C)(C)C. The smallest absolute Gasteiger partial charge is 0.0783 e. The number of nitrogens with one attached hydrogen (secondary N) is 1. The van der Waals surface area contributed by atoms with Crippen molar-refractivity contribution in [2.45, 2.75) is 39.8 Å². The van der Waals surface area contributed by atoms with Crippen molar-refractivity contribution < 1.29 is 4.74 Å². The van der Waals surface area contributed by atoms with Crippen LogP contribution in [0.2, 0.25) is 0 Å². The molecule has 3 N–H and O–H groups in total. The standard InChI is InChI=1S/C8H20N2O/c1-6(10-9)7(11-5)8(2,3)4/h6-7,10H,9H2,1-5H3. The molecule has 0 fully saturated rings. The summed E-state index contributed by atoms with van der Waals surface area (Å²) in [6, 6.07) is 0.181. The molecule has 0 bridgehead atoms. The van der Waals surface area contributed by atoms with Gasteiger partial charge in [-0.15, -0.1) is 0 Å². The van der Waals surface area contributed by atoms with Gasteiger partial charge in [0, 0.05) is 13.2 Å². The lowest BCUT2D eigenvalue weighted by Gasteiger charge is -2.33. The minimum atomic E-state index is 0.126. The van der Waals surface area contributed by atoms with Gasteiger partial charge in [0.1, 0.15) is 0 Å². The summed E-state index contributed by atoms with van der Waals surface area (Å²) in [5.74, 6) is 5.32. The van der Waals surface area contributed by atoms with Crippen molar-refractivity contribution in [3.05, 3.63) is 0 Å². The fraction of sp³-hybridized carbons (Fsp3) is 1.00. The van der Waals surface area contributed by atoms with Gasteiger partial charge in [-0.1, -0.05) is 20.8 Å². The van der Waals surface area contributed by atoms with E-state index in [9.17, 15) is 0 Å². The van der Waals surface area contributed by atoms with E-state index in [1.54, 1.807) is 7.11 Å². The van der Waals surface area contributed by atoms with Crippen LogP contribution >= 0.6 is 0 Å². The van der Waals surface area contributed by atoms with E-state index in [1.165, 1.54) is 0 Å². The van der Waals surface area contributed by atoms with Crippen molar-refractivity contribution in [2.75, 3.05) is 7.11 Å². The van der Waals surface area contributed by atoms with Gasteiger partial charge >= 0.3 is 0 Å². The highest BCUT2D eigenvalue weighted by Crippen LogP contribution is 2.23. The molecule has 0 aliphatic carbocycles. The molecule has 0 aromatic carbocycles. The quantitative estimate of drug-likeness (QED) is 0.476. The van der Waals surface area contributed by atoms with Gasteiger partial charge in [-0.3, -0.25) is 11.3 Å². The lowest BCUT2D eigenvalue weighted by Crippen LogP contribution is -2.48. The molecule has 3 nitrogen and oxygen atoms in total. The Hall–Kier alpha value is -0.120. The minimum Gasteiger partial charge on any atom is -0.379 e. The average molecular weight is 160 g/mol. The van der Waals surface area contributed by atoms with Crippen LogP contribution in [0.3, 0.4) is 0 Å². The topological polar surface area (TPSA) is 47.3 Å². The van der Waals surface area contributed by atoms with Crippen LogP contribution in [-0.4, -0.2) is 19.3 Å². The maximum atomic E-state index is 5.32. The van der Waals surface area contributed by atoms with Crippen LogP contribution in [0.25, 0.3) is 0 Å². The van der Waals surface area contributed by atoms with Gasteiger partial charge in [0.25, 0.3) is 0 Å². The van der Waals surface area contributed by atoms with Crippen molar-refractivity contribution in [3.63, 3.8) is 0 Å². The van der Waals surface area contributed by atoms with Crippen molar-refractivity contribution in [2.24, 2.45) is 11.3 Å². The average Bonchev–Trinajstić information content (AvgIpc) is 1.86. The molecule has 0 saturated heterocycles. The van der Waals surface area contributed by atoms with E-state index in [0.717, 1.165) is 0 Å². The number of hydrogen-bond donors (Lipinski definition) is 2. The summed E-state index contributed by atoms with van der Waals surface area (Å²) < 4.78 is 5.32. The Bertz CT molecular complexity index is 109. The summed E-state index contributed by atoms with van der Waals surface area (Å²) in [4.78, 5) is 0. The van der Waals surface area contributed by atoms with Crippen molar-refractivity contribution >= 4 is 0 Å². The van der Waals surface area contributed by atoms with Gasteiger partial charge in [-0.05, 0) is 12.3 Å². The van der Waals surface area contributed by atoms with E-state index in [0.29, 0.717) is 0 Å². The van der Waals surface area contributed by atoms with Gasteiger partial charge in [0.2, 0.25) is 0 Å². The third kappa shape index (κ3) is 3.18. The van der Waals surface area contributed by atoms with E-state index in [2.05, 4.69) is 26.2 Å². The zero-order valence-corrected chi connectivity index (χ0v) is 8.14. The highest BCUT2D eigenvalue weighted by atomic mass is 16.5. The van der Waals surface area contributed by atoms with Crippen molar-refractivity contribution in [1.82, 2.24) is 5.43 Å². The van der Waals surface area contributed by atoms with Crippen LogP contribution < -0.4 is 11.3 Å². The highest BCUT2D eigenvalue weighted by molar-refractivity contribution is 4.81. The number of rotatable bonds is 3. The molecule has 2 unspecified atom stereocenters. The minimum absolute atomic E-state index is 0.126. The second-order valence-corrected chi connectivity index (χ2v) is 3.98. The zero-order chi connectivity index (χ0) is 9.07. The molecule has 0 amide bonds. The second kappa shape index (κ2) is 4.04. The summed E-state index contributed by atoms with van der Waals surface area (Å²) in [7, 11) is 1.71. The van der Waals surface area contributed by atoms with Crippen LogP contribution in [-0.2, 0) is 4.74 Å². The Labute approximate surface area is 69.3 Å². The van der Waals surface area contributed by atoms with Crippen LogP contribution in [0.15, 0.2) is 0 Å². The van der Waals surface area contributed by atoms with Crippen LogP contribution in [0.5, 0.6) is 0 Å². The lowest BCUT2D eigenvalue weighted by atomic mass is 9.85. The monoisotopic (exact) mass is 160 g/mol. The Kier molecular flexibility index (Phi) is 4.00. The molecule has 0 aliphatic rings. The Morgan fingerprint density at radius 1 is 1.36 bits per heavy atom. The van der Waals surface area contributed by atoms with Gasteiger partial charge in [-0.2, -0.15) is 0 Å². The van der Waals surface area contributed by atoms with Gasteiger partial charge in [-0.25, -0.2) is 0 Å². The zero-order valence-electron chi connectivity index (χ0n) is 8.14. The largest absolute Gasteiger partial charge is 0.379 e. The summed E-state index contributed by atoms with van der Waals surface area (Å²) >= 11 is 0. The van der Waals surface area contributed by atoms with E-state index in [4.69, 9.17) is 10.6 Å². The van der Waals surface area contributed by atoms with Crippen LogP contribution in [0, 0.1) is 5.41 Å². The molecule has 0 spiro atoms. The van der Waals surface area contributed by atoms with Gasteiger partial charge in [0.05, 0.1) is 6.10 Å². The molecular formula is C8H20N2O. The van der Waals surface area contributed by atoms with Gasteiger partial charge < -0.3 is 4.74 Å². The number of nitrogens with two attached hydrogens (primary N) is 1. The first-order valence-corrected chi connectivity index (χ1v) is 3.92. The van der Waals surface area contributed by atoms with E-state index in [-0.39, 0.29) is 17.6 Å². The Balaban J connectivity index is 4.16. The van der Waals surface area contributed by atoms with E-state index < -0.39 is 0 Å². The number of hydrazine groups is 1. The first-order valence-electron chi connectivity index (χ1n) is 3.92. The fourth-order valence-electron chi connectivity index (χ4n) is 1.40. The third-order valence-corrected chi connectivity index (χ3v) is 1.82. The molecule has 0 aromatic heterocycles. The highest BCUT2D eigenvalue weighted by Gasteiger charge is 2.28. The maximum absolute atomic E-state index is 5.32. The van der Waals surface area contributed by atoms with Crippen LogP contribution in [0.1, 0.15) is 27.7 Å². The molecule has 0 radical (unpaired) electrons. The Morgan fingerprint density at radius 2 is 1.82 bits per heavy atom. The van der Waals surface area contributed by atoms with Crippen molar-refractivity contribution in [1.29, 1.82) is 0 Å². The Morgan fingerprint density at radius 3 is 1.91 bits per heavy atom. The number of hydrogen-bond acceptors (Lipinski definition) is 3. The lowest BCUT2D eigenvalue weighted by molar-refractivity contribution is -0.00655. The number of ether oxygens (including phenoxy) is 1. The molecule has 0 rings (SSSR count). The summed E-state index contributed by atoms with van der Waals surface area (Å²) in [5.41, 5.74) is 2.82. The summed E-state index contributed by atoms with van der Waals surface area (Å²) in [6.45, 7) is 8.42. The van der Waals surface area contributed by atoms with E-state index >= 15 is 0 Å². The molecule has 0 saturated carbocycles. The molecule has 0 heterocycles. The maximum Gasteiger partial charge on any atom is 0.0783 e. The molecule has 11 heavy (non-hydrogen) atoms. The number of methoxy groups -OCH3 is 1. The van der Waals surface area contributed by atoms with Gasteiger partial charge in [0.15, 0.2) is 0 Å². The molecule has 0 aliphatic heterocycles. The summed E-state index contributed by atoms with van der Waals surface area (Å²) in [5, 5.41) is 0. The molecule has 3 heteroatoms. The fourth-order valence-corrected chi connectivity index (χ4v) is 1.40. The first-order chi connectivity index (χ1) is 4.93. The first kappa shape index (κ1) is 10.9. The predicted octanol–water partition coefficient (Wildman–Crippen LogP) is 0.899. The molecular weight excluding hydrogens is 140 g/mol. The molecule has 2 atom stereocenters. The predicted molar refractivity (Wildman–Crippen MR) is 47.0 cm³/mol. The normalized spacial score (nSPS) is 18.0. The van der Waals surface area contributed by atoms with E-state index in [1.807, 2.05) is 6.92 Å². The summed E-state index contributed by atoms with van der Waals surface area (Å²) in [6.07, 6.45) is 0.146. The second-order valence-electron chi connectivity index (χ2n) is 3.98. The van der Waals surface area contributed by atoms with Crippen molar-refractivity contribution in [3.8, 4) is 0 Å². The molecule has 0 aromatic rings. The van der Waals surface area contributed by atoms with Crippen LogP contribution in [0.4, 0.5) is 0 Å². The molecule has 68 valence electrons.